The molecule has 90 valence electrons. The third kappa shape index (κ3) is 5.64. The van der Waals surface area contributed by atoms with Gasteiger partial charge in [0.1, 0.15) is 5.78 Å². The molecule has 0 aliphatic carbocycles. The van der Waals surface area contributed by atoms with Gasteiger partial charge in [-0.05, 0) is 19.4 Å². The quantitative estimate of drug-likeness (QED) is 0.488. The van der Waals surface area contributed by atoms with Crippen LogP contribution in [0.3, 0.4) is 0 Å². The van der Waals surface area contributed by atoms with Crippen molar-refractivity contribution in [3.63, 3.8) is 0 Å². The van der Waals surface area contributed by atoms with Gasteiger partial charge in [0.15, 0.2) is 5.78 Å². The van der Waals surface area contributed by atoms with Gasteiger partial charge in [-0.25, -0.2) is 0 Å². The average molecular weight is 222 g/mol. The normalized spacial score (nSPS) is 11.8. The summed E-state index contributed by atoms with van der Waals surface area (Å²) in [5.41, 5.74) is 0.394. The van der Waals surface area contributed by atoms with E-state index in [0.717, 1.165) is 5.57 Å². The predicted molar refractivity (Wildman–Crippen MR) is 67.3 cm³/mol. The Morgan fingerprint density at radius 3 is 2.25 bits per heavy atom. The molecule has 0 aromatic heterocycles. The molecule has 0 saturated heterocycles. The van der Waals surface area contributed by atoms with Crippen molar-refractivity contribution < 1.29 is 9.59 Å². The monoisotopic (exact) mass is 222 g/mol. The molecule has 0 aromatic carbocycles. The number of Topliss-reactive ketones (excluding diaryl/α,β-unsaturated/α-hetero) is 1. The first kappa shape index (κ1) is 14.8. The molecule has 0 rings (SSSR count). The number of carbonyl (C=O) groups is 2. The maximum absolute atomic E-state index is 11.8. The third-order valence-corrected chi connectivity index (χ3v) is 2.61. The Morgan fingerprint density at radius 1 is 1.25 bits per heavy atom. The minimum atomic E-state index is -0.462. The van der Waals surface area contributed by atoms with Crippen molar-refractivity contribution in [2.75, 3.05) is 0 Å². The zero-order chi connectivity index (χ0) is 12.8. The average Bonchev–Trinajstić information content (AvgIpc) is 2.22. The van der Waals surface area contributed by atoms with Crippen molar-refractivity contribution in [3.05, 3.63) is 24.3 Å². The largest absolute Gasteiger partial charge is 0.300 e. The minimum absolute atomic E-state index is 0.0550. The molecule has 0 radical (unpaired) electrons. The van der Waals surface area contributed by atoms with Gasteiger partial charge in [0.25, 0.3) is 0 Å². The van der Waals surface area contributed by atoms with E-state index >= 15 is 0 Å². The summed E-state index contributed by atoms with van der Waals surface area (Å²) in [5, 5.41) is 0. The van der Waals surface area contributed by atoms with Gasteiger partial charge in [0, 0.05) is 18.3 Å². The summed E-state index contributed by atoms with van der Waals surface area (Å²) in [5.74, 6) is 0.268. The molecule has 0 bridgehead atoms. The number of hydrogen-bond acceptors (Lipinski definition) is 2. The molecule has 0 N–H and O–H groups in total. The number of ketones is 2. The van der Waals surface area contributed by atoms with E-state index in [9.17, 15) is 9.59 Å². The lowest BCUT2D eigenvalue weighted by atomic mass is 9.82. The fourth-order valence-corrected chi connectivity index (χ4v) is 1.20. The Morgan fingerprint density at radius 2 is 1.81 bits per heavy atom. The van der Waals surface area contributed by atoms with Gasteiger partial charge in [0.05, 0.1) is 0 Å². The molecule has 0 aromatic rings. The van der Waals surface area contributed by atoms with E-state index in [1.165, 1.54) is 0 Å². The molecule has 2 nitrogen and oxygen atoms in total. The minimum Gasteiger partial charge on any atom is -0.300 e. The predicted octanol–water partition coefficient (Wildman–Crippen LogP) is 3.47. The molecule has 0 aliphatic heterocycles. The molecule has 16 heavy (non-hydrogen) atoms. The topological polar surface area (TPSA) is 34.1 Å². The highest BCUT2D eigenvalue weighted by molar-refractivity contribution is 5.95. The van der Waals surface area contributed by atoms with Crippen LogP contribution < -0.4 is 0 Å². The maximum atomic E-state index is 11.8. The SMILES string of the molecule is C=C(C)/C=C/C(=O)C(C)(C)CCC(=O)CC. The second kappa shape index (κ2) is 6.41. The zero-order valence-corrected chi connectivity index (χ0v) is 10.8. The van der Waals surface area contributed by atoms with Crippen LogP contribution in [-0.4, -0.2) is 11.6 Å². The number of carbonyl (C=O) groups excluding carboxylic acids is 2. The van der Waals surface area contributed by atoms with Crippen LogP contribution in [0.5, 0.6) is 0 Å². The summed E-state index contributed by atoms with van der Waals surface area (Å²) in [6, 6.07) is 0. The highest BCUT2D eigenvalue weighted by Gasteiger charge is 2.25. The van der Waals surface area contributed by atoms with Crippen LogP contribution >= 0.6 is 0 Å². The van der Waals surface area contributed by atoms with Gasteiger partial charge in [-0.3, -0.25) is 9.59 Å². The molecular formula is C14H22O2. The molecule has 0 fully saturated rings. The summed E-state index contributed by atoms with van der Waals surface area (Å²) < 4.78 is 0. The fourth-order valence-electron chi connectivity index (χ4n) is 1.20. The second-order valence-corrected chi connectivity index (χ2v) is 4.82. The molecule has 2 heteroatoms. The van der Waals surface area contributed by atoms with Crippen LogP contribution in [0.1, 0.15) is 47.0 Å². The highest BCUT2D eigenvalue weighted by atomic mass is 16.1. The lowest BCUT2D eigenvalue weighted by molar-refractivity contribution is -0.123. The summed E-state index contributed by atoms with van der Waals surface area (Å²) >= 11 is 0. The van der Waals surface area contributed by atoms with Crippen LogP contribution in [0, 0.1) is 5.41 Å². The van der Waals surface area contributed by atoms with E-state index in [0.29, 0.717) is 19.3 Å². The summed E-state index contributed by atoms with van der Waals surface area (Å²) in [6.45, 7) is 11.1. The number of hydrogen-bond donors (Lipinski definition) is 0. The van der Waals surface area contributed by atoms with Gasteiger partial charge in [0.2, 0.25) is 0 Å². The van der Waals surface area contributed by atoms with E-state index in [1.54, 1.807) is 12.2 Å². The third-order valence-electron chi connectivity index (χ3n) is 2.61. The molecule has 0 amide bonds. The summed E-state index contributed by atoms with van der Waals surface area (Å²) in [4.78, 5) is 23.0. The van der Waals surface area contributed by atoms with Gasteiger partial charge in [-0.2, -0.15) is 0 Å². The lowest BCUT2D eigenvalue weighted by Crippen LogP contribution is -2.23. The Balaban J connectivity index is 4.36. The second-order valence-electron chi connectivity index (χ2n) is 4.82. The first-order chi connectivity index (χ1) is 7.29. The van der Waals surface area contributed by atoms with Crippen molar-refractivity contribution in [1.82, 2.24) is 0 Å². The van der Waals surface area contributed by atoms with Crippen LogP contribution in [0.15, 0.2) is 24.3 Å². The van der Waals surface area contributed by atoms with E-state index in [1.807, 2.05) is 27.7 Å². The van der Waals surface area contributed by atoms with E-state index in [2.05, 4.69) is 6.58 Å². The van der Waals surface area contributed by atoms with Crippen LogP contribution in [0.4, 0.5) is 0 Å². The molecule has 0 atom stereocenters. The van der Waals surface area contributed by atoms with E-state index < -0.39 is 5.41 Å². The summed E-state index contributed by atoms with van der Waals surface area (Å²) in [6.07, 6.45) is 4.91. The van der Waals surface area contributed by atoms with Gasteiger partial charge >= 0.3 is 0 Å². The van der Waals surface area contributed by atoms with Crippen LogP contribution in [-0.2, 0) is 9.59 Å². The lowest BCUT2D eigenvalue weighted by Gasteiger charge is -2.20. The first-order valence-electron chi connectivity index (χ1n) is 5.69. The Hall–Kier alpha value is -1.18. The molecule has 0 heterocycles. The van der Waals surface area contributed by atoms with Crippen LogP contribution in [0.2, 0.25) is 0 Å². The Labute approximate surface area is 98.4 Å². The highest BCUT2D eigenvalue weighted by Crippen LogP contribution is 2.24. The molecule has 0 saturated carbocycles. The molecule has 0 aliphatic rings. The van der Waals surface area contributed by atoms with E-state index in [-0.39, 0.29) is 11.6 Å². The van der Waals surface area contributed by atoms with Gasteiger partial charge in [-0.15, -0.1) is 0 Å². The molecule has 0 spiro atoms. The fraction of sp³-hybridized carbons (Fsp3) is 0.571. The van der Waals surface area contributed by atoms with Gasteiger partial charge < -0.3 is 0 Å². The van der Waals surface area contributed by atoms with E-state index in [4.69, 9.17) is 0 Å². The standard InChI is InChI=1S/C14H22O2/c1-6-12(15)9-10-14(4,5)13(16)8-7-11(2)3/h7-8H,2,6,9-10H2,1,3-5H3/b8-7+. The number of rotatable bonds is 7. The smallest absolute Gasteiger partial charge is 0.161 e. The molecular weight excluding hydrogens is 200 g/mol. The Bertz CT molecular complexity index is 309. The summed E-state index contributed by atoms with van der Waals surface area (Å²) in [7, 11) is 0. The maximum Gasteiger partial charge on any atom is 0.161 e. The number of allylic oxidation sites excluding steroid dienone is 3. The van der Waals surface area contributed by atoms with Crippen molar-refractivity contribution in [3.8, 4) is 0 Å². The molecule has 0 unspecified atom stereocenters. The Kier molecular flexibility index (Phi) is 5.94. The first-order valence-corrected chi connectivity index (χ1v) is 5.69. The van der Waals surface area contributed by atoms with Crippen LogP contribution in [0.25, 0.3) is 0 Å². The zero-order valence-electron chi connectivity index (χ0n) is 10.8. The van der Waals surface area contributed by atoms with Crippen molar-refractivity contribution >= 4 is 11.6 Å². The van der Waals surface area contributed by atoms with Crippen molar-refractivity contribution in [2.45, 2.75) is 47.0 Å². The van der Waals surface area contributed by atoms with Crippen molar-refractivity contribution in [1.29, 1.82) is 0 Å². The van der Waals surface area contributed by atoms with Crippen molar-refractivity contribution in [2.24, 2.45) is 5.41 Å². The van der Waals surface area contributed by atoms with Gasteiger partial charge in [-0.1, -0.05) is 39.0 Å².